The third-order valence-electron chi connectivity index (χ3n) is 3.64. The Morgan fingerprint density at radius 1 is 0.815 bits per heavy atom. The van der Waals surface area contributed by atoms with Gasteiger partial charge in [-0.2, -0.15) is 0 Å². The number of rotatable bonds is 6. The van der Waals surface area contributed by atoms with E-state index in [-0.39, 0.29) is 28.4 Å². The van der Waals surface area contributed by atoms with Crippen molar-refractivity contribution in [3.63, 3.8) is 0 Å². The molecule has 9 heteroatoms. The number of hydrogen-bond acceptors (Lipinski definition) is 6. The van der Waals surface area contributed by atoms with Gasteiger partial charge in [-0.25, -0.2) is 4.39 Å². The molecule has 0 spiro atoms. The molecule has 27 heavy (non-hydrogen) atoms. The predicted octanol–water partition coefficient (Wildman–Crippen LogP) is 1.93. The van der Waals surface area contributed by atoms with Crippen molar-refractivity contribution in [3.05, 3.63) is 47.3 Å². The lowest BCUT2D eigenvalue weighted by atomic mass is 10.1. The summed E-state index contributed by atoms with van der Waals surface area (Å²) in [4.78, 5) is 24.4. The van der Waals surface area contributed by atoms with Crippen molar-refractivity contribution in [2.24, 2.45) is 0 Å². The molecule has 0 atom stereocenters. The molecule has 0 aliphatic carbocycles. The average Bonchev–Trinajstić information content (AvgIpc) is 2.70. The fraction of sp³-hybridized carbons (Fsp3) is 0.222. The van der Waals surface area contributed by atoms with E-state index in [2.05, 4.69) is 10.9 Å². The van der Waals surface area contributed by atoms with E-state index >= 15 is 0 Å². The molecule has 0 fully saturated rings. The predicted molar refractivity (Wildman–Crippen MR) is 94.0 cm³/mol. The minimum absolute atomic E-state index is 0.139. The van der Waals surface area contributed by atoms with Crippen LogP contribution in [0.1, 0.15) is 20.7 Å². The first-order valence-electron chi connectivity index (χ1n) is 7.69. The number of hydrogen-bond donors (Lipinski definition) is 2. The number of halogens is 1. The molecule has 0 aliphatic rings. The Morgan fingerprint density at radius 2 is 1.41 bits per heavy atom. The van der Waals surface area contributed by atoms with Gasteiger partial charge in [-0.1, -0.05) is 0 Å². The lowest BCUT2D eigenvalue weighted by Gasteiger charge is -2.14. The zero-order chi connectivity index (χ0) is 20.0. The van der Waals surface area contributed by atoms with Crippen LogP contribution in [0.15, 0.2) is 30.3 Å². The molecule has 0 aliphatic heterocycles. The van der Waals surface area contributed by atoms with Crippen molar-refractivity contribution in [3.8, 4) is 23.0 Å². The van der Waals surface area contributed by atoms with E-state index in [9.17, 15) is 14.0 Å². The van der Waals surface area contributed by atoms with Crippen molar-refractivity contribution in [2.75, 3.05) is 28.4 Å². The van der Waals surface area contributed by atoms with Crippen LogP contribution in [0.5, 0.6) is 23.0 Å². The van der Waals surface area contributed by atoms with E-state index in [1.54, 1.807) is 0 Å². The van der Waals surface area contributed by atoms with Gasteiger partial charge in [0, 0.05) is 11.6 Å². The molecule has 8 nitrogen and oxygen atoms in total. The Hall–Kier alpha value is -3.49. The van der Waals surface area contributed by atoms with Gasteiger partial charge in [0.1, 0.15) is 11.6 Å². The number of nitrogens with one attached hydrogen (secondary N) is 2. The largest absolute Gasteiger partial charge is 0.497 e. The second-order valence-electron chi connectivity index (χ2n) is 5.17. The standard InChI is InChI=1S/C18H19FN2O6/c1-24-11-5-6-12(13(19)9-11)18(23)21-20-17(22)10-7-14(25-2)16(27-4)15(8-10)26-3/h5-9H,1-4H3,(H,20,22)(H,21,23). The SMILES string of the molecule is COc1ccc(C(=O)NNC(=O)c2cc(OC)c(OC)c(OC)c2)c(F)c1. The number of carbonyl (C=O) groups excluding carboxylic acids is 2. The highest BCUT2D eigenvalue weighted by Crippen LogP contribution is 2.38. The molecule has 0 saturated heterocycles. The fourth-order valence-corrected chi connectivity index (χ4v) is 2.27. The Kier molecular flexibility index (Phi) is 6.42. The van der Waals surface area contributed by atoms with Gasteiger partial charge in [-0.15, -0.1) is 0 Å². The summed E-state index contributed by atoms with van der Waals surface area (Å²) in [5, 5.41) is 0. The second-order valence-corrected chi connectivity index (χ2v) is 5.17. The molecule has 0 radical (unpaired) electrons. The number of benzene rings is 2. The average molecular weight is 378 g/mol. The van der Waals surface area contributed by atoms with Gasteiger partial charge in [0.15, 0.2) is 11.5 Å². The third kappa shape index (κ3) is 4.38. The third-order valence-corrected chi connectivity index (χ3v) is 3.64. The molecule has 0 saturated carbocycles. The van der Waals surface area contributed by atoms with Crippen LogP contribution in [-0.2, 0) is 0 Å². The van der Waals surface area contributed by atoms with Gasteiger partial charge in [0.2, 0.25) is 5.75 Å². The van der Waals surface area contributed by atoms with Gasteiger partial charge in [-0.05, 0) is 24.3 Å². The molecule has 0 unspecified atom stereocenters. The van der Waals surface area contributed by atoms with E-state index in [4.69, 9.17) is 18.9 Å². The van der Waals surface area contributed by atoms with Gasteiger partial charge < -0.3 is 18.9 Å². The Balaban J connectivity index is 2.14. The van der Waals surface area contributed by atoms with Gasteiger partial charge >= 0.3 is 0 Å². The fourth-order valence-electron chi connectivity index (χ4n) is 2.27. The van der Waals surface area contributed by atoms with Crippen molar-refractivity contribution >= 4 is 11.8 Å². The molecule has 0 bridgehead atoms. The summed E-state index contributed by atoms with van der Waals surface area (Å²) < 4.78 is 34.3. The van der Waals surface area contributed by atoms with Crippen LogP contribution in [0.2, 0.25) is 0 Å². The van der Waals surface area contributed by atoms with E-state index in [0.717, 1.165) is 6.07 Å². The van der Waals surface area contributed by atoms with Crippen LogP contribution >= 0.6 is 0 Å². The highest BCUT2D eigenvalue weighted by atomic mass is 19.1. The van der Waals surface area contributed by atoms with Crippen LogP contribution < -0.4 is 29.8 Å². The van der Waals surface area contributed by atoms with Crippen LogP contribution in [0, 0.1) is 5.82 Å². The summed E-state index contributed by atoms with van der Waals surface area (Å²) in [6.45, 7) is 0. The summed E-state index contributed by atoms with van der Waals surface area (Å²) in [7, 11) is 5.64. The van der Waals surface area contributed by atoms with E-state index < -0.39 is 17.6 Å². The molecule has 0 aromatic heterocycles. The van der Waals surface area contributed by atoms with Crippen LogP contribution in [0.4, 0.5) is 4.39 Å². The normalized spacial score (nSPS) is 9.96. The second kappa shape index (κ2) is 8.75. The Morgan fingerprint density at radius 3 is 1.89 bits per heavy atom. The number of carbonyl (C=O) groups is 2. The molecule has 2 aromatic rings. The van der Waals surface area contributed by atoms with Crippen molar-refractivity contribution in [1.29, 1.82) is 0 Å². The van der Waals surface area contributed by atoms with Gasteiger partial charge in [0.05, 0.1) is 34.0 Å². The van der Waals surface area contributed by atoms with Gasteiger partial charge in [0.25, 0.3) is 11.8 Å². The molecule has 2 aromatic carbocycles. The van der Waals surface area contributed by atoms with E-state index in [1.807, 2.05) is 0 Å². The summed E-state index contributed by atoms with van der Waals surface area (Å²) in [5.74, 6) is -1.13. The number of hydrazine groups is 1. The maximum Gasteiger partial charge on any atom is 0.272 e. The number of ether oxygens (including phenoxy) is 4. The highest BCUT2D eigenvalue weighted by molar-refractivity contribution is 5.99. The first-order valence-corrected chi connectivity index (χ1v) is 7.69. The van der Waals surface area contributed by atoms with Crippen LogP contribution in [0.3, 0.4) is 0 Å². The Bertz CT molecular complexity index is 831. The first kappa shape index (κ1) is 19.8. The quantitative estimate of drug-likeness (QED) is 0.746. The monoisotopic (exact) mass is 378 g/mol. The molecular weight excluding hydrogens is 359 g/mol. The number of amides is 2. The number of methoxy groups -OCH3 is 4. The summed E-state index contributed by atoms with van der Waals surface area (Å²) in [5.41, 5.74) is 4.24. The smallest absolute Gasteiger partial charge is 0.272 e. The molecule has 0 heterocycles. The van der Waals surface area contributed by atoms with E-state index in [0.29, 0.717) is 5.75 Å². The first-order chi connectivity index (χ1) is 12.9. The van der Waals surface area contributed by atoms with Crippen LogP contribution in [-0.4, -0.2) is 40.3 Å². The maximum atomic E-state index is 13.9. The zero-order valence-corrected chi connectivity index (χ0v) is 15.2. The molecular formula is C18H19FN2O6. The molecule has 144 valence electrons. The zero-order valence-electron chi connectivity index (χ0n) is 15.2. The minimum Gasteiger partial charge on any atom is -0.497 e. The lowest BCUT2D eigenvalue weighted by Crippen LogP contribution is -2.42. The Labute approximate surface area is 155 Å². The summed E-state index contributed by atoms with van der Waals surface area (Å²) in [6.07, 6.45) is 0. The summed E-state index contributed by atoms with van der Waals surface area (Å²) >= 11 is 0. The van der Waals surface area contributed by atoms with Crippen molar-refractivity contribution in [1.82, 2.24) is 10.9 Å². The summed E-state index contributed by atoms with van der Waals surface area (Å²) in [6, 6.07) is 6.57. The van der Waals surface area contributed by atoms with Crippen LogP contribution in [0.25, 0.3) is 0 Å². The lowest BCUT2D eigenvalue weighted by molar-refractivity contribution is 0.0844. The van der Waals surface area contributed by atoms with Gasteiger partial charge in [-0.3, -0.25) is 20.4 Å². The minimum atomic E-state index is -0.823. The van der Waals surface area contributed by atoms with Crippen molar-refractivity contribution in [2.45, 2.75) is 0 Å². The molecule has 2 rings (SSSR count). The molecule has 2 N–H and O–H groups in total. The topological polar surface area (TPSA) is 95.1 Å². The molecule has 2 amide bonds. The van der Waals surface area contributed by atoms with Crippen molar-refractivity contribution < 1.29 is 32.9 Å². The highest BCUT2D eigenvalue weighted by Gasteiger charge is 2.18. The van der Waals surface area contributed by atoms with E-state index in [1.165, 1.54) is 52.7 Å². The maximum absolute atomic E-state index is 13.9.